The number of anilines is 1. The third-order valence-electron chi connectivity index (χ3n) is 4.40. The number of carbonyl (C=O) groups is 1. The van der Waals surface area contributed by atoms with Gasteiger partial charge in [0, 0.05) is 11.9 Å². The Morgan fingerprint density at radius 3 is 2.44 bits per heavy atom. The zero-order chi connectivity index (χ0) is 19.6. The lowest BCUT2D eigenvalue weighted by molar-refractivity contribution is 0.102. The molecule has 27 heavy (non-hydrogen) atoms. The van der Waals surface area contributed by atoms with E-state index in [0.717, 1.165) is 21.9 Å². The predicted molar refractivity (Wildman–Crippen MR) is 103 cm³/mol. The molecule has 0 bridgehead atoms. The summed E-state index contributed by atoms with van der Waals surface area (Å²) < 4.78 is 5.99. The monoisotopic (exact) mass is 365 g/mol. The number of carbonyl (C=O) groups excluding carboxylic acids is 1. The number of hydrogen-bond donors (Lipinski definition) is 2. The Morgan fingerprint density at radius 1 is 1.07 bits per heavy atom. The summed E-state index contributed by atoms with van der Waals surface area (Å²) in [5.74, 6) is -0.000686. The van der Waals surface area contributed by atoms with Crippen molar-refractivity contribution in [3.63, 3.8) is 0 Å². The first-order valence-electron chi connectivity index (χ1n) is 8.29. The van der Waals surface area contributed by atoms with Gasteiger partial charge < -0.3 is 15.0 Å². The molecule has 1 heterocycles. The second kappa shape index (κ2) is 7.33. The van der Waals surface area contributed by atoms with Crippen LogP contribution in [-0.2, 0) is 0 Å². The van der Waals surface area contributed by atoms with Crippen molar-refractivity contribution in [1.29, 1.82) is 0 Å². The second-order valence-electron chi connectivity index (χ2n) is 6.05. The minimum absolute atomic E-state index is 0.161. The van der Waals surface area contributed by atoms with Crippen molar-refractivity contribution in [1.82, 2.24) is 9.55 Å². The van der Waals surface area contributed by atoms with Crippen LogP contribution in [0.15, 0.2) is 58.3 Å². The summed E-state index contributed by atoms with van der Waals surface area (Å²) in [5, 5.41) is 2.73. The number of amides is 1. The number of aryl methyl sites for hydroxylation is 1. The van der Waals surface area contributed by atoms with Gasteiger partial charge in [-0.2, -0.15) is 0 Å². The lowest BCUT2D eigenvalue weighted by atomic mass is 10.1. The Bertz CT molecular complexity index is 1110. The lowest BCUT2D eigenvalue weighted by Gasteiger charge is -2.11. The van der Waals surface area contributed by atoms with E-state index in [4.69, 9.17) is 4.74 Å². The van der Waals surface area contributed by atoms with Gasteiger partial charge in [0.1, 0.15) is 11.3 Å². The molecule has 0 saturated heterocycles. The zero-order valence-electron chi connectivity index (χ0n) is 15.2. The fourth-order valence-electron chi connectivity index (χ4n) is 2.68. The van der Waals surface area contributed by atoms with Crippen LogP contribution in [0, 0.1) is 13.8 Å². The van der Waals surface area contributed by atoms with Crippen molar-refractivity contribution in [2.45, 2.75) is 13.8 Å². The number of hydrogen-bond acceptors (Lipinski definition) is 4. The predicted octanol–water partition coefficient (Wildman–Crippen LogP) is 2.40. The van der Waals surface area contributed by atoms with Gasteiger partial charge in [-0.1, -0.05) is 12.1 Å². The highest BCUT2D eigenvalue weighted by atomic mass is 16.5. The smallest absolute Gasteiger partial charge is 0.333 e. The van der Waals surface area contributed by atoms with E-state index in [2.05, 4.69) is 10.3 Å². The third kappa shape index (κ3) is 3.52. The zero-order valence-corrected chi connectivity index (χ0v) is 15.2. The summed E-state index contributed by atoms with van der Waals surface area (Å²) in [5.41, 5.74) is 1.38. The first kappa shape index (κ1) is 18.2. The molecule has 0 unspecified atom stereocenters. The van der Waals surface area contributed by atoms with Crippen molar-refractivity contribution < 1.29 is 9.53 Å². The molecule has 0 spiro atoms. The Morgan fingerprint density at radius 2 is 1.78 bits per heavy atom. The van der Waals surface area contributed by atoms with E-state index >= 15 is 0 Å². The molecule has 1 amide bonds. The standard InChI is InChI=1S/C20H19N3O4/c1-12-5-4-6-17(13(12)2)22-18(24)16-11-21-20(26)23(19(16)25)14-7-9-15(27-3)10-8-14/h4-11H,1-3H3,(H,21,26)(H,22,24). The van der Waals surface area contributed by atoms with Crippen molar-refractivity contribution in [2.75, 3.05) is 12.4 Å². The van der Waals surface area contributed by atoms with Gasteiger partial charge in [-0.15, -0.1) is 0 Å². The van der Waals surface area contributed by atoms with Crippen LogP contribution in [0.25, 0.3) is 5.69 Å². The molecule has 0 fully saturated rings. The maximum absolute atomic E-state index is 12.8. The van der Waals surface area contributed by atoms with Gasteiger partial charge in [-0.05, 0) is 55.3 Å². The van der Waals surface area contributed by atoms with Gasteiger partial charge in [0.05, 0.1) is 12.8 Å². The number of nitrogens with zero attached hydrogens (tertiary/aromatic N) is 1. The average molecular weight is 365 g/mol. The molecule has 7 heteroatoms. The summed E-state index contributed by atoms with van der Waals surface area (Å²) >= 11 is 0. The minimum Gasteiger partial charge on any atom is -0.497 e. The highest BCUT2D eigenvalue weighted by molar-refractivity contribution is 6.04. The van der Waals surface area contributed by atoms with Gasteiger partial charge in [0.2, 0.25) is 0 Å². The van der Waals surface area contributed by atoms with Crippen LogP contribution >= 0.6 is 0 Å². The third-order valence-corrected chi connectivity index (χ3v) is 4.40. The normalized spacial score (nSPS) is 10.5. The molecule has 3 rings (SSSR count). The molecule has 138 valence electrons. The summed E-state index contributed by atoms with van der Waals surface area (Å²) in [6, 6.07) is 11.9. The average Bonchev–Trinajstić information content (AvgIpc) is 2.66. The molecule has 2 N–H and O–H groups in total. The van der Waals surface area contributed by atoms with E-state index < -0.39 is 17.2 Å². The highest BCUT2D eigenvalue weighted by Crippen LogP contribution is 2.18. The topological polar surface area (TPSA) is 93.2 Å². The van der Waals surface area contributed by atoms with Crippen LogP contribution in [0.1, 0.15) is 21.5 Å². The molecule has 2 aromatic carbocycles. The van der Waals surface area contributed by atoms with Crippen LogP contribution in [0.4, 0.5) is 5.69 Å². The summed E-state index contributed by atoms with van der Waals surface area (Å²) in [6.45, 7) is 3.81. The highest BCUT2D eigenvalue weighted by Gasteiger charge is 2.17. The lowest BCUT2D eigenvalue weighted by Crippen LogP contribution is -2.38. The van der Waals surface area contributed by atoms with Crippen molar-refractivity contribution in [2.24, 2.45) is 0 Å². The first-order valence-corrected chi connectivity index (χ1v) is 8.29. The molecule has 0 saturated carbocycles. The maximum Gasteiger partial charge on any atom is 0.333 e. The Balaban J connectivity index is 2.02. The molecule has 3 aromatic rings. The molecule has 0 atom stereocenters. The van der Waals surface area contributed by atoms with Crippen LogP contribution in [0.5, 0.6) is 5.75 Å². The van der Waals surface area contributed by atoms with Crippen LogP contribution in [-0.4, -0.2) is 22.6 Å². The van der Waals surface area contributed by atoms with Gasteiger partial charge in [0.15, 0.2) is 0 Å². The number of benzene rings is 2. The molecular weight excluding hydrogens is 346 g/mol. The number of rotatable bonds is 4. The fourth-order valence-corrected chi connectivity index (χ4v) is 2.68. The Kier molecular flexibility index (Phi) is 4.94. The van der Waals surface area contributed by atoms with Crippen LogP contribution in [0.3, 0.4) is 0 Å². The van der Waals surface area contributed by atoms with E-state index in [9.17, 15) is 14.4 Å². The van der Waals surface area contributed by atoms with E-state index in [0.29, 0.717) is 17.1 Å². The van der Waals surface area contributed by atoms with E-state index in [1.54, 1.807) is 30.3 Å². The summed E-state index contributed by atoms with van der Waals surface area (Å²) in [7, 11) is 1.52. The van der Waals surface area contributed by atoms with Crippen molar-refractivity contribution in [3.05, 3.63) is 86.2 Å². The molecule has 1 aromatic heterocycles. The number of nitrogens with one attached hydrogen (secondary N) is 2. The fraction of sp³-hybridized carbons (Fsp3) is 0.150. The Labute approximate surface area is 155 Å². The maximum atomic E-state index is 12.8. The van der Waals surface area contributed by atoms with Crippen LogP contribution < -0.4 is 21.3 Å². The molecular formula is C20H19N3O4. The molecule has 0 aliphatic carbocycles. The van der Waals surface area contributed by atoms with Gasteiger partial charge in [-0.3, -0.25) is 9.59 Å². The van der Waals surface area contributed by atoms with E-state index in [-0.39, 0.29) is 5.56 Å². The summed E-state index contributed by atoms with van der Waals surface area (Å²) in [4.78, 5) is 40.0. The van der Waals surface area contributed by atoms with E-state index in [1.807, 2.05) is 26.0 Å². The Hall–Kier alpha value is -3.61. The van der Waals surface area contributed by atoms with Gasteiger partial charge >= 0.3 is 5.69 Å². The number of methoxy groups -OCH3 is 1. The minimum atomic E-state index is -0.702. The number of aromatic nitrogens is 2. The molecule has 0 radical (unpaired) electrons. The molecule has 7 nitrogen and oxygen atoms in total. The molecule has 0 aliphatic heterocycles. The van der Waals surface area contributed by atoms with Crippen molar-refractivity contribution in [3.8, 4) is 11.4 Å². The number of ether oxygens (including phenoxy) is 1. The van der Waals surface area contributed by atoms with Gasteiger partial charge in [0.25, 0.3) is 11.5 Å². The summed E-state index contributed by atoms with van der Waals surface area (Å²) in [6.07, 6.45) is 1.13. The number of H-pyrrole nitrogens is 1. The SMILES string of the molecule is COc1ccc(-n2c(=O)[nH]cc(C(=O)Nc3cccc(C)c3C)c2=O)cc1. The largest absolute Gasteiger partial charge is 0.497 e. The van der Waals surface area contributed by atoms with Crippen molar-refractivity contribution >= 4 is 11.6 Å². The molecule has 0 aliphatic rings. The van der Waals surface area contributed by atoms with Gasteiger partial charge in [-0.25, -0.2) is 9.36 Å². The van der Waals surface area contributed by atoms with E-state index in [1.165, 1.54) is 7.11 Å². The first-order chi connectivity index (χ1) is 12.9. The second-order valence-corrected chi connectivity index (χ2v) is 6.05. The number of aromatic amines is 1. The van der Waals surface area contributed by atoms with Crippen LogP contribution in [0.2, 0.25) is 0 Å². The quantitative estimate of drug-likeness (QED) is 0.742.